The van der Waals surface area contributed by atoms with Crippen molar-refractivity contribution in [2.45, 2.75) is 43.9 Å². The third-order valence-electron chi connectivity index (χ3n) is 2.18. The maximum absolute atomic E-state index is 9.42. The summed E-state index contributed by atoms with van der Waals surface area (Å²) in [7, 11) is 0. The molecule has 0 aromatic heterocycles. The summed E-state index contributed by atoms with van der Waals surface area (Å²) in [4.78, 5) is 0. The van der Waals surface area contributed by atoms with Crippen LogP contribution in [0, 0.1) is 0 Å². The number of ether oxygens (including phenoxy) is 2. The maximum atomic E-state index is 9.42. The molecular formula is C8H16O7. The van der Waals surface area contributed by atoms with E-state index in [-0.39, 0.29) is 0 Å². The highest BCUT2D eigenvalue weighted by atomic mass is 16.7. The van der Waals surface area contributed by atoms with Gasteiger partial charge >= 0.3 is 0 Å². The Morgan fingerprint density at radius 1 is 1.20 bits per heavy atom. The molecular weight excluding hydrogens is 208 g/mol. The Kier molecular flexibility index (Phi) is 4.41. The highest BCUT2D eigenvalue weighted by molar-refractivity contribution is 4.88. The zero-order valence-electron chi connectivity index (χ0n) is 8.22. The Labute approximate surface area is 86.5 Å². The van der Waals surface area contributed by atoms with Gasteiger partial charge in [0.2, 0.25) is 0 Å². The van der Waals surface area contributed by atoms with Crippen LogP contribution < -0.4 is 0 Å². The van der Waals surface area contributed by atoms with Crippen molar-refractivity contribution < 1.29 is 35.0 Å². The summed E-state index contributed by atoms with van der Waals surface area (Å²) in [6, 6.07) is 0. The van der Waals surface area contributed by atoms with Crippen LogP contribution in [-0.4, -0.2) is 69.1 Å². The van der Waals surface area contributed by atoms with Gasteiger partial charge in [-0.3, -0.25) is 0 Å². The standard InChI is InChI=1S/C8H16O7/c1-3(10)14-8-7(13)6(12)5(11)4(2-9)15-8/h3-13H,2H2,1H3/t3?,4-,5-,6+,7+,8+/m1/s1. The molecule has 7 heteroatoms. The van der Waals surface area contributed by atoms with Gasteiger partial charge in [0.15, 0.2) is 12.6 Å². The molecule has 0 aromatic rings. The van der Waals surface area contributed by atoms with Crippen LogP contribution in [0.15, 0.2) is 0 Å². The second-order valence-electron chi connectivity index (χ2n) is 3.43. The Bertz CT molecular complexity index is 195. The lowest BCUT2D eigenvalue weighted by molar-refractivity contribution is -0.328. The van der Waals surface area contributed by atoms with Gasteiger partial charge in [0.1, 0.15) is 24.4 Å². The molecule has 0 aliphatic carbocycles. The van der Waals surface area contributed by atoms with Gasteiger partial charge in [0, 0.05) is 0 Å². The van der Waals surface area contributed by atoms with Crippen molar-refractivity contribution in [2.75, 3.05) is 6.61 Å². The molecule has 0 radical (unpaired) electrons. The SMILES string of the molecule is CC(O)O[C@H]1O[C@H](CO)[C@@H](O)[C@H](O)[C@@H]1O. The average molecular weight is 224 g/mol. The lowest BCUT2D eigenvalue weighted by atomic mass is 9.99. The third kappa shape index (κ3) is 2.85. The monoisotopic (exact) mass is 224 g/mol. The highest BCUT2D eigenvalue weighted by Gasteiger charge is 2.44. The average Bonchev–Trinajstić information content (AvgIpc) is 2.18. The molecule has 1 fully saturated rings. The fourth-order valence-corrected chi connectivity index (χ4v) is 1.37. The van der Waals surface area contributed by atoms with Crippen LogP contribution in [0.1, 0.15) is 6.92 Å². The molecule has 90 valence electrons. The second-order valence-corrected chi connectivity index (χ2v) is 3.43. The molecule has 7 nitrogen and oxygen atoms in total. The van der Waals surface area contributed by atoms with Crippen LogP contribution in [-0.2, 0) is 9.47 Å². The second kappa shape index (κ2) is 5.17. The molecule has 0 aromatic carbocycles. The van der Waals surface area contributed by atoms with E-state index in [2.05, 4.69) is 0 Å². The summed E-state index contributed by atoms with van der Waals surface area (Å²) in [6.45, 7) is 0.784. The molecule has 5 N–H and O–H groups in total. The topological polar surface area (TPSA) is 120 Å². The Morgan fingerprint density at radius 2 is 1.80 bits per heavy atom. The van der Waals surface area contributed by atoms with Crippen molar-refractivity contribution in [1.82, 2.24) is 0 Å². The molecule has 0 bridgehead atoms. The van der Waals surface area contributed by atoms with E-state index in [1.807, 2.05) is 0 Å². The van der Waals surface area contributed by atoms with E-state index < -0.39 is 43.6 Å². The summed E-state index contributed by atoms with van der Waals surface area (Å²) in [5.74, 6) is 0. The minimum Gasteiger partial charge on any atom is -0.394 e. The van der Waals surface area contributed by atoms with Crippen molar-refractivity contribution >= 4 is 0 Å². The Balaban J connectivity index is 2.65. The summed E-state index contributed by atoms with van der Waals surface area (Å²) in [5, 5.41) is 45.9. The Morgan fingerprint density at radius 3 is 2.27 bits per heavy atom. The summed E-state index contributed by atoms with van der Waals surface area (Å²) >= 11 is 0. The number of rotatable bonds is 3. The summed E-state index contributed by atoms with van der Waals surface area (Å²) in [5.41, 5.74) is 0. The fraction of sp³-hybridized carbons (Fsp3) is 1.00. The molecule has 0 amide bonds. The normalized spacial score (nSPS) is 44.0. The first kappa shape index (κ1) is 12.8. The van der Waals surface area contributed by atoms with Gasteiger partial charge in [-0.15, -0.1) is 0 Å². The molecule has 0 spiro atoms. The molecule has 6 atom stereocenters. The predicted octanol–water partition coefficient (Wildman–Crippen LogP) is -2.86. The van der Waals surface area contributed by atoms with Crippen LogP contribution in [0.4, 0.5) is 0 Å². The number of hydrogen-bond acceptors (Lipinski definition) is 7. The molecule has 15 heavy (non-hydrogen) atoms. The molecule has 1 heterocycles. The minimum absolute atomic E-state index is 0.523. The van der Waals surface area contributed by atoms with Crippen LogP contribution >= 0.6 is 0 Å². The zero-order valence-corrected chi connectivity index (χ0v) is 8.22. The lowest BCUT2D eigenvalue weighted by Gasteiger charge is -2.39. The van der Waals surface area contributed by atoms with Crippen molar-refractivity contribution in [3.63, 3.8) is 0 Å². The van der Waals surface area contributed by atoms with Crippen LogP contribution in [0.5, 0.6) is 0 Å². The Hall–Kier alpha value is -0.280. The fourth-order valence-electron chi connectivity index (χ4n) is 1.37. The first-order valence-electron chi connectivity index (χ1n) is 4.61. The lowest BCUT2D eigenvalue weighted by Crippen LogP contribution is -2.59. The van der Waals surface area contributed by atoms with Crippen LogP contribution in [0.25, 0.3) is 0 Å². The van der Waals surface area contributed by atoms with Gasteiger partial charge < -0.3 is 35.0 Å². The smallest absolute Gasteiger partial charge is 0.189 e. The van der Waals surface area contributed by atoms with E-state index in [1.54, 1.807) is 0 Å². The van der Waals surface area contributed by atoms with E-state index >= 15 is 0 Å². The first-order valence-corrected chi connectivity index (χ1v) is 4.61. The van der Waals surface area contributed by atoms with E-state index in [4.69, 9.17) is 19.7 Å². The predicted molar refractivity (Wildman–Crippen MR) is 46.5 cm³/mol. The summed E-state index contributed by atoms with van der Waals surface area (Å²) < 4.78 is 9.70. The largest absolute Gasteiger partial charge is 0.394 e. The van der Waals surface area contributed by atoms with E-state index in [1.165, 1.54) is 6.92 Å². The van der Waals surface area contributed by atoms with Crippen molar-refractivity contribution in [3.8, 4) is 0 Å². The van der Waals surface area contributed by atoms with Gasteiger partial charge in [0.05, 0.1) is 6.61 Å². The molecule has 1 saturated heterocycles. The van der Waals surface area contributed by atoms with E-state index in [0.717, 1.165) is 0 Å². The number of aliphatic hydroxyl groups excluding tert-OH is 5. The quantitative estimate of drug-likeness (QED) is 0.327. The van der Waals surface area contributed by atoms with Crippen molar-refractivity contribution in [1.29, 1.82) is 0 Å². The zero-order chi connectivity index (χ0) is 11.6. The van der Waals surface area contributed by atoms with E-state index in [9.17, 15) is 15.3 Å². The van der Waals surface area contributed by atoms with Crippen LogP contribution in [0.3, 0.4) is 0 Å². The van der Waals surface area contributed by atoms with Gasteiger partial charge in [-0.1, -0.05) is 0 Å². The van der Waals surface area contributed by atoms with Crippen molar-refractivity contribution in [2.24, 2.45) is 0 Å². The summed E-state index contributed by atoms with van der Waals surface area (Å²) in [6.07, 6.45) is -7.87. The first-order chi connectivity index (χ1) is 6.97. The van der Waals surface area contributed by atoms with Crippen LogP contribution in [0.2, 0.25) is 0 Å². The van der Waals surface area contributed by atoms with Gasteiger partial charge in [-0.05, 0) is 6.92 Å². The molecule has 1 unspecified atom stereocenters. The van der Waals surface area contributed by atoms with Gasteiger partial charge in [0.25, 0.3) is 0 Å². The maximum Gasteiger partial charge on any atom is 0.189 e. The third-order valence-corrected chi connectivity index (χ3v) is 2.18. The molecule has 1 rings (SSSR count). The molecule has 1 aliphatic heterocycles. The molecule has 1 aliphatic rings. The molecule has 0 saturated carbocycles. The van der Waals surface area contributed by atoms with Crippen molar-refractivity contribution in [3.05, 3.63) is 0 Å². The van der Waals surface area contributed by atoms with E-state index in [0.29, 0.717) is 0 Å². The number of hydrogen-bond donors (Lipinski definition) is 5. The minimum atomic E-state index is -1.49. The van der Waals surface area contributed by atoms with Gasteiger partial charge in [-0.25, -0.2) is 0 Å². The highest BCUT2D eigenvalue weighted by Crippen LogP contribution is 2.22. The van der Waals surface area contributed by atoms with Gasteiger partial charge in [-0.2, -0.15) is 0 Å². The number of aliphatic hydroxyl groups is 5.